The van der Waals surface area contributed by atoms with Crippen LogP contribution in [0.5, 0.6) is 0 Å². The van der Waals surface area contributed by atoms with Gasteiger partial charge in [0.25, 0.3) is 0 Å². The van der Waals surface area contributed by atoms with Gasteiger partial charge in [0.15, 0.2) is 0 Å². The summed E-state index contributed by atoms with van der Waals surface area (Å²) in [5, 5.41) is 9.11. The van der Waals surface area contributed by atoms with Crippen molar-refractivity contribution in [3.8, 4) is 0 Å². The Morgan fingerprint density at radius 3 is 2.68 bits per heavy atom. The third kappa shape index (κ3) is 2.84. The molecule has 19 heavy (non-hydrogen) atoms. The van der Waals surface area contributed by atoms with Gasteiger partial charge in [-0.05, 0) is 53.1 Å². The number of likely N-dealkylation sites (tertiary alicyclic amines) is 1. The summed E-state index contributed by atoms with van der Waals surface area (Å²) in [5.41, 5.74) is 1.22. The molecule has 106 valence electrons. The smallest absolute Gasteiger partial charge is 0.306 e. The molecule has 1 fully saturated rings. The molecule has 0 spiro atoms. The second-order valence-electron chi connectivity index (χ2n) is 5.69. The number of rotatable bonds is 3. The maximum atomic E-state index is 11.1. The second kappa shape index (κ2) is 5.37. The van der Waals surface area contributed by atoms with Crippen LogP contribution in [0.4, 0.5) is 0 Å². The molecule has 2 rings (SSSR count). The molecular weight excluding hydrogens is 242 g/mol. The Labute approximate surface area is 114 Å². The fourth-order valence-electron chi connectivity index (χ4n) is 3.23. The standard InChI is InChI=1S/C15H23NO3/c1-9-7-13(15(17)18)5-6-16(9)11(3)14-8-10(2)19-12(14)4/h8-9,11,13H,5-7H2,1-4H3,(H,17,18). The Kier molecular flexibility index (Phi) is 3.99. The average Bonchev–Trinajstić information content (AvgIpc) is 2.67. The van der Waals surface area contributed by atoms with Crippen molar-refractivity contribution in [3.05, 3.63) is 23.2 Å². The molecule has 1 aliphatic rings. The zero-order chi connectivity index (χ0) is 14.2. The van der Waals surface area contributed by atoms with Gasteiger partial charge >= 0.3 is 5.97 Å². The Morgan fingerprint density at radius 1 is 1.53 bits per heavy atom. The molecule has 1 saturated heterocycles. The summed E-state index contributed by atoms with van der Waals surface area (Å²) < 4.78 is 5.60. The van der Waals surface area contributed by atoms with E-state index in [4.69, 9.17) is 9.52 Å². The topological polar surface area (TPSA) is 53.7 Å². The van der Waals surface area contributed by atoms with Gasteiger partial charge in [-0.2, -0.15) is 0 Å². The van der Waals surface area contributed by atoms with Crippen LogP contribution in [0.15, 0.2) is 10.5 Å². The number of aryl methyl sites for hydroxylation is 2. The maximum absolute atomic E-state index is 11.1. The number of furan rings is 1. The third-order valence-electron chi connectivity index (χ3n) is 4.30. The fraction of sp³-hybridized carbons (Fsp3) is 0.667. The van der Waals surface area contributed by atoms with Crippen molar-refractivity contribution >= 4 is 5.97 Å². The normalized spacial score (nSPS) is 26.3. The number of carboxylic acids is 1. The number of aliphatic carboxylic acids is 1. The lowest BCUT2D eigenvalue weighted by Gasteiger charge is -2.40. The molecule has 1 aromatic rings. The van der Waals surface area contributed by atoms with Gasteiger partial charge in [-0.25, -0.2) is 0 Å². The molecule has 0 aliphatic carbocycles. The monoisotopic (exact) mass is 265 g/mol. The minimum absolute atomic E-state index is 0.189. The Morgan fingerprint density at radius 2 is 2.21 bits per heavy atom. The lowest BCUT2D eigenvalue weighted by atomic mass is 9.89. The van der Waals surface area contributed by atoms with Gasteiger partial charge in [0.1, 0.15) is 11.5 Å². The minimum Gasteiger partial charge on any atom is -0.481 e. The van der Waals surface area contributed by atoms with Crippen LogP contribution in [0.1, 0.15) is 49.8 Å². The number of hydrogen-bond acceptors (Lipinski definition) is 3. The summed E-state index contributed by atoms with van der Waals surface area (Å²) in [4.78, 5) is 13.5. The molecule has 0 aromatic carbocycles. The van der Waals surface area contributed by atoms with E-state index in [1.54, 1.807) is 0 Å². The Hall–Kier alpha value is -1.29. The summed E-state index contributed by atoms with van der Waals surface area (Å²) >= 11 is 0. The highest BCUT2D eigenvalue weighted by Gasteiger charge is 2.33. The average molecular weight is 265 g/mol. The molecule has 3 unspecified atom stereocenters. The Bertz CT molecular complexity index is 466. The number of piperidine rings is 1. The number of hydrogen-bond donors (Lipinski definition) is 1. The van der Waals surface area contributed by atoms with E-state index in [9.17, 15) is 4.79 Å². The van der Waals surface area contributed by atoms with Crippen molar-refractivity contribution in [3.63, 3.8) is 0 Å². The van der Waals surface area contributed by atoms with Crippen LogP contribution in [0.3, 0.4) is 0 Å². The van der Waals surface area contributed by atoms with Gasteiger partial charge in [0.05, 0.1) is 5.92 Å². The van der Waals surface area contributed by atoms with E-state index in [2.05, 4.69) is 24.8 Å². The number of nitrogens with zero attached hydrogens (tertiary/aromatic N) is 1. The van der Waals surface area contributed by atoms with Crippen LogP contribution in [0, 0.1) is 19.8 Å². The van der Waals surface area contributed by atoms with Crippen molar-refractivity contribution in [1.82, 2.24) is 4.90 Å². The van der Waals surface area contributed by atoms with Gasteiger partial charge in [-0.1, -0.05) is 0 Å². The molecule has 0 radical (unpaired) electrons. The molecular formula is C15H23NO3. The van der Waals surface area contributed by atoms with Gasteiger partial charge < -0.3 is 9.52 Å². The van der Waals surface area contributed by atoms with Crippen molar-refractivity contribution < 1.29 is 14.3 Å². The van der Waals surface area contributed by atoms with E-state index in [1.165, 1.54) is 5.56 Å². The van der Waals surface area contributed by atoms with Crippen LogP contribution >= 0.6 is 0 Å². The maximum Gasteiger partial charge on any atom is 0.306 e. The van der Waals surface area contributed by atoms with Crippen LogP contribution in [0.25, 0.3) is 0 Å². The van der Waals surface area contributed by atoms with E-state index in [0.717, 1.165) is 30.9 Å². The van der Waals surface area contributed by atoms with Crippen molar-refractivity contribution in [2.24, 2.45) is 5.92 Å². The summed E-state index contributed by atoms with van der Waals surface area (Å²) in [6.07, 6.45) is 1.47. The van der Waals surface area contributed by atoms with Crippen molar-refractivity contribution in [2.45, 2.75) is 52.6 Å². The van der Waals surface area contributed by atoms with Gasteiger partial charge in [0, 0.05) is 17.6 Å². The minimum atomic E-state index is -0.658. The summed E-state index contributed by atoms with van der Waals surface area (Å²) in [6, 6.07) is 2.66. The summed E-state index contributed by atoms with van der Waals surface area (Å²) in [6.45, 7) is 9.09. The molecule has 0 saturated carbocycles. The van der Waals surface area contributed by atoms with Crippen molar-refractivity contribution in [2.75, 3.05) is 6.54 Å². The quantitative estimate of drug-likeness (QED) is 0.912. The van der Waals surface area contributed by atoms with Gasteiger partial charge in [-0.15, -0.1) is 0 Å². The summed E-state index contributed by atoms with van der Waals surface area (Å²) in [7, 11) is 0. The second-order valence-corrected chi connectivity index (χ2v) is 5.69. The fourth-order valence-corrected chi connectivity index (χ4v) is 3.23. The van der Waals surface area contributed by atoms with Crippen molar-refractivity contribution in [1.29, 1.82) is 0 Å². The molecule has 3 atom stereocenters. The SMILES string of the molecule is Cc1cc(C(C)N2CCC(C(=O)O)CC2C)c(C)o1. The zero-order valence-electron chi connectivity index (χ0n) is 12.1. The van der Waals surface area contributed by atoms with Crippen LogP contribution in [-0.2, 0) is 4.79 Å². The van der Waals surface area contributed by atoms with Gasteiger partial charge in [0.2, 0.25) is 0 Å². The largest absolute Gasteiger partial charge is 0.481 e. The van der Waals surface area contributed by atoms with E-state index >= 15 is 0 Å². The first-order valence-corrected chi connectivity index (χ1v) is 6.95. The Balaban J connectivity index is 2.10. The number of carboxylic acid groups (broad SMARTS) is 1. The number of carbonyl (C=O) groups is 1. The molecule has 1 aliphatic heterocycles. The lowest BCUT2D eigenvalue weighted by molar-refractivity contribution is -0.144. The molecule has 0 amide bonds. The van der Waals surface area contributed by atoms with E-state index in [0.29, 0.717) is 6.04 Å². The van der Waals surface area contributed by atoms with Crippen LogP contribution in [-0.4, -0.2) is 28.6 Å². The molecule has 1 N–H and O–H groups in total. The predicted molar refractivity (Wildman–Crippen MR) is 73.1 cm³/mol. The molecule has 0 bridgehead atoms. The van der Waals surface area contributed by atoms with Crippen LogP contribution in [0.2, 0.25) is 0 Å². The third-order valence-corrected chi connectivity index (χ3v) is 4.30. The highest BCUT2D eigenvalue weighted by molar-refractivity contribution is 5.70. The zero-order valence-corrected chi connectivity index (χ0v) is 12.1. The predicted octanol–water partition coefficient (Wildman–Crippen LogP) is 3.14. The van der Waals surface area contributed by atoms with Crippen LogP contribution < -0.4 is 0 Å². The van der Waals surface area contributed by atoms with E-state index < -0.39 is 5.97 Å². The highest BCUT2D eigenvalue weighted by Crippen LogP contribution is 2.33. The van der Waals surface area contributed by atoms with E-state index in [1.807, 2.05) is 13.8 Å². The first kappa shape index (κ1) is 14.1. The molecule has 2 heterocycles. The first-order chi connectivity index (χ1) is 8.90. The summed E-state index contributed by atoms with van der Waals surface area (Å²) in [5.74, 6) is 1.06. The molecule has 1 aromatic heterocycles. The van der Waals surface area contributed by atoms with E-state index in [-0.39, 0.29) is 12.0 Å². The molecule has 4 nitrogen and oxygen atoms in total. The van der Waals surface area contributed by atoms with Gasteiger partial charge in [-0.3, -0.25) is 9.69 Å². The molecule has 4 heteroatoms. The lowest BCUT2D eigenvalue weighted by Crippen LogP contribution is -2.43. The highest BCUT2D eigenvalue weighted by atomic mass is 16.4. The first-order valence-electron chi connectivity index (χ1n) is 6.95.